The largest absolute Gasteiger partial charge is 0.379 e. The smallest absolute Gasteiger partial charge is 0.274 e. The van der Waals surface area contributed by atoms with Crippen molar-refractivity contribution in [1.29, 1.82) is 0 Å². The quantitative estimate of drug-likeness (QED) is 0.532. The fourth-order valence-electron chi connectivity index (χ4n) is 1.78. The summed E-state index contributed by atoms with van der Waals surface area (Å²) in [5.74, 6) is 0. The minimum absolute atomic E-state index is 0.124. The lowest BCUT2D eigenvalue weighted by Crippen LogP contribution is -2.00. The molecule has 0 amide bonds. The Morgan fingerprint density at radius 1 is 1.25 bits per heavy atom. The molecule has 0 bridgehead atoms. The van der Waals surface area contributed by atoms with Crippen LogP contribution in [0.3, 0.4) is 0 Å². The molecule has 7 heteroatoms. The zero-order valence-corrected chi connectivity index (χ0v) is 14.9. The zero-order chi connectivity index (χ0) is 14.9. The van der Waals surface area contributed by atoms with Crippen LogP contribution >= 0.6 is 43.2 Å². The molecule has 20 heavy (non-hydrogen) atoms. The Hall–Kier alpha value is -0.920. The molecule has 4 nitrogen and oxygen atoms in total. The van der Waals surface area contributed by atoms with Gasteiger partial charge in [-0.3, -0.25) is 10.1 Å². The second kappa shape index (κ2) is 6.24. The van der Waals surface area contributed by atoms with Crippen molar-refractivity contribution in [2.45, 2.75) is 20.4 Å². The van der Waals surface area contributed by atoms with E-state index < -0.39 is 0 Å². The normalized spacial score (nSPS) is 10.6. The highest BCUT2D eigenvalue weighted by molar-refractivity contribution is 9.11. The number of benzene rings is 1. The van der Waals surface area contributed by atoms with Crippen molar-refractivity contribution >= 4 is 54.6 Å². The lowest BCUT2D eigenvalue weighted by molar-refractivity contribution is -0.385. The summed E-state index contributed by atoms with van der Waals surface area (Å²) in [6.45, 7) is 4.41. The minimum atomic E-state index is -0.362. The number of hydrogen-bond donors (Lipinski definition) is 1. The second-order valence-corrected chi connectivity index (χ2v) is 7.40. The summed E-state index contributed by atoms with van der Waals surface area (Å²) in [7, 11) is 0. The average molecular weight is 420 g/mol. The number of nitrogens with zero attached hydrogens (tertiary/aromatic N) is 1. The van der Waals surface area contributed by atoms with Crippen LogP contribution in [0.4, 0.5) is 11.4 Å². The first kappa shape index (κ1) is 15.5. The lowest BCUT2D eigenvalue weighted by Gasteiger charge is -2.08. The van der Waals surface area contributed by atoms with Gasteiger partial charge >= 0.3 is 0 Å². The van der Waals surface area contributed by atoms with Gasteiger partial charge in [0.25, 0.3) is 5.69 Å². The predicted octanol–water partition coefficient (Wildman–Crippen LogP) is 5.41. The van der Waals surface area contributed by atoms with Gasteiger partial charge in [0.2, 0.25) is 0 Å². The molecule has 2 rings (SSSR count). The topological polar surface area (TPSA) is 55.2 Å². The van der Waals surface area contributed by atoms with Crippen LogP contribution < -0.4 is 5.32 Å². The fraction of sp³-hybridized carbons (Fsp3) is 0.231. The standard InChI is InChI=1S/C13H12Br2N2O2S/c1-7-3-11(15)12(5-13(7)17(18)19)16-6-9-4-10(14)8(2)20-9/h3-5,16H,6H2,1-2H3. The Balaban J connectivity index is 2.21. The number of nitrogens with one attached hydrogen (secondary N) is 1. The summed E-state index contributed by atoms with van der Waals surface area (Å²) in [5.41, 5.74) is 1.49. The highest BCUT2D eigenvalue weighted by Crippen LogP contribution is 2.32. The van der Waals surface area contributed by atoms with E-state index in [1.807, 2.05) is 6.92 Å². The Labute approximate surface area is 137 Å². The maximum atomic E-state index is 11.0. The Bertz CT molecular complexity index is 651. The van der Waals surface area contributed by atoms with E-state index in [1.165, 1.54) is 9.75 Å². The van der Waals surface area contributed by atoms with Gasteiger partial charge in [-0.2, -0.15) is 0 Å². The number of anilines is 1. The molecule has 1 aromatic heterocycles. The molecule has 0 aliphatic carbocycles. The van der Waals surface area contributed by atoms with Crippen LogP contribution in [0.5, 0.6) is 0 Å². The van der Waals surface area contributed by atoms with Crippen LogP contribution in [0.1, 0.15) is 15.3 Å². The molecule has 0 fully saturated rings. The summed E-state index contributed by atoms with van der Waals surface area (Å²) in [5, 5.41) is 14.2. The van der Waals surface area contributed by atoms with Crippen molar-refractivity contribution < 1.29 is 4.92 Å². The van der Waals surface area contributed by atoms with Crippen molar-refractivity contribution in [3.63, 3.8) is 0 Å². The van der Waals surface area contributed by atoms with Crippen molar-refractivity contribution in [1.82, 2.24) is 0 Å². The van der Waals surface area contributed by atoms with E-state index in [9.17, 15) is 10.1 Å². The molecule has 1 heterocycles. The lowest BCUT2D eigenvalue weighted by atomic mass is 10.2. The monoisotopic (exact) mass is 418 g/mol. The maximum absolute atomic E-state index is 11.0. The minimum Gasteiger partial charge on any atom is -0.379 e. The second-order valence-electron chi connectivity index (χ2n) is 4.35. The summed E-state index contributed by atoms with van der Waals surface area (Å²) in [6.07, 6.45) is 0. The van der Waals surface area contributed by atoms with E-state index in [0.29, 0.717) is 12.1 Å². The highest BCUT2D eigenvalue weighted by Gasteiger charge is 2.14. The van der Waals surface area contributed by atoms with Crippen LogP contribution in [0.25, 0.3) is 0 Å². The molecular weight excluding hydrogens is 408 g/mol. The molecule has 0 unspecified atom stereocenters. The molecule has 0 radical (unpaired) electrons. The Morgan fingerprint density at radius 3 is 2.50 bits per heavy atom. The molecule has 0 saturated heterocycles. The third-order valence-electron chi connectivity index (χ3n) is 2.84. The summed E-state index contributed by atoms with van der Waals surface area (Å²) in [4.78, 5) is 13.0. The first-order chi connectivity index (χ1) is 9.38. The number of thiophene rings is 1. The zero-order valence-electron chi connectivity index (χ0n) is 10.9. The molecule has 106 valence electrons. The number of nitro groups is 1. The van der Waals surface area contributed by atoms with Crippen molar-refractivity contribution in [2.75, 3.05) is 5.32 Å². The van der Waals surface area contributed by atoms with Gasteiger partial charge in [0, 0.05) is 36.9 Å². The van der Waals surface area contributed by atoms with E-state index in [4.69, 9.17) is 0 Å². The maximum Gasteiger partial charge on any atom is 0.274 e. The predicted molar refractivity (Wildman–Crippen MR) is 89.6 cm³/mol. The van der Waals surface area contributed by atoms with Crippen LogP contribution in [0, 0.1) is 24.0 Å². The van der Waals surface area contributed by atoms with Gasteiger partial charge in [-0.15, -0.1) is 11.3 Å². The summed E-state index contributed by atoms with van der Waals surface area (Å²) < 4.78 is 1.92. The third kappa shape index (κ3) is 3.39. The van der Waals surface area contributed by atoms with Crippen molar-refractivity contribution in [3.8, 4) is 0 Å². The van der Waals surface area contributed by atoms with Crippen LogP contribution in [0.2, 0.25) is 0 Å². The molecule has 0 aliphatic heterocycles. The molecule has 0 spiro atoms. The SMILES string of the molecule is Cc1cc(Br)c(NCc2cc(Br)c(C)s2)cc1[N+](=O)[O-]. The molecule has 1 aromatic carbocycles. The van der Waals surface area contributed by atoms with Gasteiger partial charge in [0.15, 0.2) is 0 Å². The fourth-order valence-corrected chi connectivity index (χ4v) is 3.92. The van der Waals surface area contributed by atoms with E-state index in [-0.39, 0.29) is 10.6 Å². The average Bonchev–Trinajstić information content (AvgIpc) is 2.67. The number of rotatable bonds is 4. The van der Waals surface area contributed by atoms with E-state index >= 15 is 0 Å². The van der Waals surface area contributed by atoms with Gasteiger partial charge in [0.1, 0.15) is 0 Å². The summed E-state index contributed by atoms with van der Waals surface area (Å²) >= 11 is 8.61. The number of hydrogen-bond acceptors (Lipinski definition) is 4. The van der Waals surface area contributed by atoms with Crippen molar-refractivity contribution in [2.24, 2.45) is 0 Å². The number of halogens is 2. The molecule has 2 aromatic rings. The van der Waals surface area contributed by atoms with Gasteiger partial charge in [-0.25, -0.2) is 0 Å². The van der Waals surface area contributed by atoms with Gasteiger partial charge in [-0.1, -0.05) is 0 Å². The molecule has 0 aliphatic rings. The van der Waals surface area contributed by atoms with Gasteiger partial charge < -0.3 is 5.32 Å². The van der Waals surface area contributed by atoms with Crippen LogP contribution in [0.15, 0.2) is 27.1 Å². The first-order valence-electron chi connectivity index (χ1n) is 5.81. The van der Waals surface area contributed by atoms with Gasteiger partial charge in [-0.05, 0) is 57.8 Å². The summed E-state index contributed by atoms with van der Waals surface area (Å²) in [6, 6.07) is 5.38. The first-order valence-corrected chi connectivity index (χ1v) is 8.22. The van der Waals surface area contributed by atoms with E-state index in [1.54, 1.807) is 30.4 Å². The van der Waals surface area contributed by atoms with Crippen LogP contribution in [-0.2, 0) is 6.54 Å². The molecule has 0 saturated carbocycles. The molecular formula is C13H12Br2N2O2S. The van der Waals surface area contributed by atoms with Crippen LogP contribution in [-0.4, -0.2) is 4.92 Å². The highest BCUT2D eigenvalue weighted by atomic mass is 79.9. The molecule has 1 N–H and O–H groups in total. The van der Waals surface area contributed by atoms with E-state index in [0.717, 1.165) is 14.6 Å². The Kier molecular flexibility index (Phi) is 4.82. The van der Waals surface area contributed by atoms with Gasteiger partial charge in [0.05, 0.1) is 10.6 Å². The van der Waals surface area contributed by atoms with E-state index in [2.05, 4.69) is 43.2 Å². The Morgan fingerprint density at radius 2 is 1.95 bits per heavy atom. The van der Waals surface area contributed by atoms with Crippen molar-refractivity contribution in [3.05, 3.63) is 52.6 Å². The molecule has 0 atom stereocenters. The number of aryl methyl sites for hydroxylation is 2. The number of nitro benzene ring substituents is 1. The third-order valence-corrected chi connectivity index (χ3v) is 5.64.